The Morgan fingerprint density at radius 3 is 2.50 bits per heavy atom. The maximum Gasteiger partial charge on any atom is 0.274 e. The van der Waals surface area contributed by atoms with Crippen molar-refractivity contribution in [1.29, 1.82) is 0 Å². The fourth-order valence-corrected chi connectivity index (χ4v) is 2.16. The second kappa shape index (κ2) is 6.18. The molecule has 0 radical (unpaired) electrons. The van der Waals surface area contributed by atoms with E-state index in [1.165, 1.54) is 24.4 Å². The van der Waals surface area contributed by atoms with Crippen LogP contribution in [0.3, 0.4) is 0 Å². The van der Waals surface area contributed by atoms with Crippen LogP contribution in [-0.2, 0) is 0 Å². The molecule has 1 N–H and O–H groups in total. The maximum absolute atomic E-state index is 13.5. The molecule has 0 aliphatic heterocycles. The summed E-state index contributed by atoms with van der Waals surface area (Å²) in [5, 5.41) is 6.10. The van der Waals surface area contributed by atoms with Crippen molar-refractivity contribution in [2.75, 3.05) is 0 Å². The van der Waals surface area contributed by atoms with Crippen molar-refractivity contribution >= 4 is 22.9 Å². The zero-order chi connectivity index (χ0) is 15.4. The number of nitrogens with zero attached hydrogens (tertiary/aromatic N) is 1. The van der Waals surface area contributed by atoms with Crippen molar-refractivity contribution in [3.63, 3.8) is 0 Å². The quantitative estimate of drug-likeness (QED) is 0.580. The molecule has 3 aromatic carbocycles. The first-order chi connectivity index (χ1) is 10.7. The normalized spacial score (nSPS) is 11.0. The molecular weight excluding hydrogens is 279 g/mol. The summed E-state index contributed by atoms with van der Waals surface area (Å²) in [6.07, 6.45) is 1.53. The summed E-state index contributed by atoms with van der Waals surface area (Å²) in [5.41, 5.74) is 3.15. The van der Waals surface area contributed by atoms with Crippen molar-refractivity contribution < 1.29 is 9.18 Å². The molecule has 3 nitrogen and oxygen atoms in total. The summed E-state index contributed by atoms with van der Waals surface area (Å²) in [7, 11) is 0. The molecule has 0 aliphatic carbocycles. The van der Waals surface area contributed by atoms with Crippen LogP contribution in [0.2, 0.25) is 0 Å². The van der Waals surface area contributed by atoms with Crippen molar-refractivity contribution in [3.05, 3.63) is 83.7 Å². The fraction of sp³-hybridized carbons (Fsp3) is 0. The van der Waals surface area contributed by atoms with Crippen LogP contribution < -0.4 is 5.43 Å². The van der Waals surface area contributed by atoms with Crippen LogP contribution in [0.15, 0.2) is 71.8 Å². The first-order valence-corrected chi connectivity index (χ1v) is 6.81. The monoisotopic (exact) mass is 292 g/mol. The third-order valence-electron chi connectivity index (χ3n) is 3.27. The molecule has 0 spiro atoms. The molecule has 0 unspecified atom stereocenters. The van der Waals surface area contributed by atoms with Crippen molar-refractivity contribution in [2.45, 2.75) is 0 Å². The van der Waals surface area contributed by atoms with Gasteiger partial charge >= 0.3 is 0 Å². The van der Waals surface area contributed by atoms with Crippen LogP contribution in [0.4, 0.5) is 4.39 Å². The second-order valence-corrected chi connectivity index (χ2v) is 4.79. The highest BCUT2D eigenvalue weighted by atomic mass is 19.1. The van der Waals surface area contributed by atoms with Gasteiger partial charge in [0.25, 0.3) is 5.91 Å². The van der Waals surface area contributed by atoms with Gasteiger partial charge < -0.3 is 0 Å². The molecule has 0 aromatic heterocycles. The van der Waals surface area contributed by atoms with Crippen LogP contribution in [-0.4, -0.2) is 12.1 Å². The molecule has 4 heteroatoms. The van der Waals surface area contributed by atoms with Gasteiger partial charge in [0.2, 0.25) is 0 Å². The van der Waals surface area contributed by atoms with E-state index in [0.717, 1.165) is 16.3 Å². The van der Waals surface area contributed by atoms with Crippen LogP contribution in [0.5, 0.6) is 0 Å². The Kier molecular flexibility index (Phi) is 3.92. The van der Waals surface area contributed by atoms with Crippen LogP contribution in [0.25, 0.3) is 10.8 Å². The number of nitrogens with one attached hydrogen (secondary N) is 1. The molecule has 1 amide bonds. The molecule has 0 bridgehead atoms. The first kappa shape index (κ1) is 13.9. The molecule has 0 fully saturated rings. The lowest BCUT2D eigenvalue weighted by molar-refractivity contribution is 0.0951. The van der Waals surface area contributed by atoms with Crippen LogP contribution >= 0.6 is 0 Å². The highest BCUT2D eigenvalue weighted by Gasteiger charge is 2.08. The fourth-order valence-electron chi connectivity index (χ4n) is 2.16. The molecule has 0 heterocycles. The number of carbonyl (C=O) groups excluding carboxylic acids is 1. The summed E-state index contributed by atoms with van der Waals surface area (Å²) in [6, 6.07) is 19.6. The summed E-state index contributed by atoms with van der Waals surface area (Å²) in [4.78, 5) is 11.8. The van der Waals surface area contributed by atoms with E-state index >= 15 is 0 Å². The zero-order valence-corrected chi connectivity index (χ0v) is 11.7. The average molecular weight is 292 g/mol. The van der Waals surface area contributed by atoms with E-state index in [4.69, 9.17) is 0 Å². The Morgan fingerprint density at radius 2 is 1.68 bits per heavy atom. The molecule has 0 saturated carbocycles. The number of rotatable bonds is 3. The number of hydrogen-bond acceptors (Lipinski definition) is 2. The Hall–Kier alpha value is -3.01. The van der Waals surface area contributed by atoms with Gasteiger partial charge in [0, 0.05) is 0 Å². The van der Waals surface area contributed by atoms with E-state index in [0.29, 0.717) is 0 Å². The summed E-state index contributed by atoms with van der Waals surface area (Å²) in [5.74, 6) is -1.14. The van der Waals surface area contributed by atoms with Gasteiger partial charge in [0.05, 0.1) is 11.8 Å². The predicted molar refractivity (Wildman–Crippen MR) is 85.4 cm³/mol. The summed E-state index contributed by atoms with van der Waals surface area (Å²) < 4.78 is 13.5. The van der Waals surface area contributed by atoms with Gasteiger partial charge in [-0.1, -0.05) is 48.5 Å². The molecular formula is C18H13FN2O. The minimum absolute atomic E-state index is 0.0295. The third-order valence-corrected chi connectivity index (χ3v) is 3.27. The third kappa shape index (κ3) is 3.01. The number of hydrazone groups is 1. The summed E-state index contributed by atoms with van der Waals surface area (Å²) >= 11 is 0. The number of benzene rings is 3. The number of carbonyl (C=O) groups is 1. The van der Waals surface area contributed by atoms with Gasteiger partial charge in [-0.2, -0.15) is 5.10 Å². The van der Waals surface area contributed by atoms with E-state index in [1.54, 1.807) is 6.07 Å². The maximum atomic E-state index is 13.5. The van der Waals surface area contributed by atoms with Gasteiger partial charge in [-0.05, 0) is 34.5 Å². The van der Waals surface area contributed by atoms with E-state index in [2.05, 4.69) is 10.5 Å². The lowest BCUT2D eigenvalue weighted by atomic mass is 10.1. The second-order valence-electron chi connectivity index (χ2n) is 4.79. The van der Waals surface area contributed by atoms with Gasteiger partial charge in [-0.3, -0.25) is 4.79 Å². The number of hydrogen-bond donors (Lipinski definition) is 1. The number of fused-ring (bicyclic) bond motifs is 1. The standard InChI is InChI=1S/C18H13FN2O/c19-17-8-4-3-7-16(17)18(22)21-20-12-13-9-10-14-5-1-2-6-15(14)11-13/h1-12H,(H,21,22)/b20-12+. The molecule has 108 valence electrons. The highest BCUT2D eigenvalue weighted by Crippen LogP contribution is 2.14. The van der Waals surface area contributed by atoms with Crippen molar-refractivity contribution in [2.24, 2.45) is 5.10 Å². The van der Waals surface area contributed by atoms with Gasteiger partial charge in [0.1, 0.15) is 5.82 Å². The molecule has 0 saturated heterocycles. The lowest BCUT2D eigenvalue weighted by Gasteiger charge is -2.01. The SMILES string of the molecule is O=C(N/N=C/c1ccc2ccccc2c1)c1ccccc1F. The lowest BCUT2D eigenvalue weighted by Crippen LogP contribution is -2.18. The van der Waals surface area contributed by atoms with Crippen LogP contribution in [0.1, 0.15) is 15.9 Å². The van der Waals surface area contributed by atoms with E-state index in [-0.39, 0.29) is 5.56 Å². The van der Waals surface area contributed by atoms with Crippen molar-refractivity contribution in [1.82, 2.24) is 5.43 Å². The molecule has 3 rings (SSSR count). The highest BCUT2D eigenvalue weighted by molar-refractivity contribution is 5.95. The minimum Gasteiger partial charge on any atom is -0.267 e. The van der Waals surface area contributed by atoms with Crippen LogP contribution in [0, 0.1) is 5.82 Å². The molecule has 22 heavy (non-hydrogen) atoms. The minimum atomic E-state index is -0.574. The molecule has 3 aromatic rings. The molecule has 0 atom stereocenters. The Balaban J connectivity index is 1.73. The van der Waals surface area contributed by atoms with E-state index in [9.17, 15) is 9.18 Å². The smallest absolute Gasteiger partial charge is 0.267 e. The number of halogens is 1. The van der Waals surface area contributed by atoms with E-state index < -0.39 is 11.7 Å². The Morgan fingerprint density at radius 1 is 0.955 bits per heavy atom. The predicted octanol–water partition coefficient (Wildman–Crippen LogP) is 3.74. The van der Waals surface area contributed by atoms with Gasteiger partial charge in [-0.25, -0.2) is 9.82 Å². The topological polar surface area (TPSA) is 41.5 Å². The Bertz CT molecular complexity index is 858. The largest absolute Gasteiger partial charge is 0.274 e. The Labute approximate surface area is 127 Å². The number of amides is 1. The first-order valence-electron chi connectivity index (χ1n) is 6.81. The van der Waals surface area contributed by atoms with Gasteiger partial charge in [0.15, 0.2) is 0 Å². The van der Waals surface area contributed by atoms with Crippen molar-refractivity contribution in [3.8, 4) is 0 Å². The average Bonchev–Trinajstić information content (AvgIpc) is 2.55. The summed E-state index contributed by atoms with van der Waals surface area (Å²) in [6.45, 7) is 0. The van der Waals surface area contributed by atoms with Gasteiger partial charge in [-0.15, -0.1) is 0 Å². The zero-order valence-electron chi connectivity index (χ0n) is 11.7. The molecule has 0 aliphatic rings. The van der Waals surface area contributed by atoms with E-state index in [1.807, 2.05) is 42.5 Å².